The normalized spacial score (nSPS) is 18.5. The molecule has 1 aliphatic heterocycles. The van der Waals surface area contributed by atoms with Crippen LogP contribution < -0.4 is 5.73 Å². The largest absolute Gasteiger partial charge is 0.416 e. The summed E-state index contributed by atoms with van der Waals surface area (Å²) in [6.07, 6.45) is -3.26. The van der Waals surface area contributed by atoms with E-state index in [-0.39, 0.29) is 11.5 Å². The molecule has 2 N–H and O–H groups in total. The van der Waals surface area contributed by atoms with E-state index in [1.165, 1.54) is 22.5 Å². The highest BCUT2D eigenvalue weighted by Gasteiger charge is 2.35. The number of halogens is 3. The van der Waals surface area contributed by atoms with Gasteiger partial charge in [-0.25, -0.2) is 12.7 Å². The number of hydrogen-bond donors (Lipinski definition) is 1. The standard InChI is InChI=1S/C14H19F3N2O2S/c15-14(16,17)13-4-2-1-3-12(13)10-22(20,21)19-7-5-11(9-18)6-8-19/h1-4,11H,5-10,18H2. The Morgan fingerprint density at radius 2 is 1.77 bits per heavy atom. The van der Waals surface area contributed by atoms with Crippen molar-refractivity contribution in [3.63, 3.8) is 0 Å². The summed E-state index contributed by atoms with van der Waals surface area (Å²) in [7, 11) is -3.76. The maximum atomic E-state index is 12.9. The molecule has 0 spiro atoms. The quantitative estimate of drug-likeness (QED) is 0.917. The first-order chi connectivity index (χ1) is 10.2. The number of alkyl halides is 3. The van der Waals surface area contributed by atoms with Gasteiger partial charge in [-0.1, -0.05) is 18.2 Å². The van der Waals surface area contributed by atoms with E-state index in [1.807, 2.05) is 0 Å². The zero-order valence-corrected chi connectivity index (χ0v) is 12.8. The van der Waals surface area contributed by atoms with Crippen LogP contribution in [0.25, 0.3) is 0 Å². The predicted octanol–water partition coefficient (Wildman–Crippen LogP) is 2.21. The maximum absolute atomic E-state index is 12.9. The van der Waals surface area contributed by atoms with Gasteiger partial charge in [0.1, 0.15) is 0 Å². The van der Waals surface area contributed by atoms with Crippen molar-refractivity contribution in [1.82, 2.24) is 4.31 Å². The smallest absolute Gasteiger partial charge is 0.330 e. The SMILES string of the molecule is NCC1CCN(S(=O)(=O)Cc2ccccc2C(F)(F)F)CC1. The van der Waals surface area contributed by atoms with Crippen LogP contribution in [0.15, 0.2) is 24.3 Å². The summed E-state index contributed by atoms with van der Waals surface area (Å²) in [5.41, 5.74) is 4.45. The summed E-state index contributed by atoms with van der Waals surface area (Å²) in [4.78, 5) is 0. The van der Waals surface area contributed by atoms with E-state index < -0.39 is 27.5 Å². The van der Waals surface area contributed by atoms with E-state index in [0.29, 0.717) is 32.5 Å². The number of benzene rings is 1. The molecule has 0 aromatic heterocycles. The van der Waals surface area contributed by atoms with Gasteiger partial charge in [-0.2, -0.15) is 13.2 Å². The monoisotopic (exact) mass is 336 g/mol. The molecule has 1 aromatic rings. The van der Waals surface area contributed by atoms with Gasteiger partial charge in [0.25, 0.3) is 0 Å². The molecule has 4 nitrogen and oxygen atoms in total. The number of nitrogens with zero attached hydrogens (tertiary/aromatic N) is 1. The summed E-state index contributed by atoms with van der Waals surface area (Å²) < 4.78 is 64.8. The minimum Gasteiger partial charge on any atom is -0.330 e. The van der Waals surface area contributed by atoms with E-state index >= 15 is 0 Å². The Bertz CT molecular complexity index is 609. The maximum Gasteiger partial charge on any atom is 0.416 e. The third kappa shape index (κ3) is 3.99. The minimum atomic E-state index is -4.56. The lowest BCUT2D eigenvalue weighted by Crippen LogP contribution is -2.40. The van der Waals surface area contributed by atoms with Gasteiger partial charge in [-0.05, 0) is 36.9 Å². The second-order valence-corrected chi connectivity index (χ2v) is 7.46. The van der Waals surface area contributed by atoms with Crippen molar-refractivity contribution >= 4 is 10.0 Å². The third-order valence-electron chi connectivity index (χ3n) is 3.96. The van der Waals surface area contributed by atoms with Crippen LogP contribution in [0.1, 0.15) is 24.0 Å². The van der Waals surface area contributed by atoms with Crippen LogP contribution in [0.5, 0.6) is 0 Å². The summed E-state index contributed by atoms with van der Waals surface area (Å²) in [6, 6.07) is 4.80. The van der Waals surface area contributed by atoms with Crippen molar-refractivity contribution in [1.29, 1.82) is 0 Å². The summed E-state index contributed by atoms with van der Waals surface area (Å²) in [6.45, 7) is 1.14. The van der Waals surface area contributed by atoms with E-state index in [2.05, 4.69) is 0 Å². The molecule has 8 heteroatoms. The lowest BCUT2D eigenvalue weighted by Gasteiger charge is -2.30. The summed E-state index contributed by atoms with van der Waals surface area (Å²) >= 11 is 0. The Hall–Kier alpha value is -1.12. The van der Waals surface area contributed by atoms with Gasteiger partial charge in [-0.15, -0.1) is 0 Å². The number of nitrogens with two attached hydrogens (primary N) is 1. The predicted molar refractivity (Wildman–Crippen MR) is 77.4 cm³/mol. The molecule has 2 rings (SSSR count). The first kappa shape index (κ1) is 17.2. The van der Waals surface area contributed by atoms with Crippen LogP contribution in [0, 0.1) is 5.92 Å². The van der Waals surface area contributed by atoms with Gasteiger partial charge in [0, 0.05) is 13.1 Å². The zero-order valence-electron chi connectivity index (χ0n) is 12.0. The highest BCUT2D eigenvalue weighted by Crippen LogP contribution is 2.33. The first-order valence-electron chi connectivity index (χ1n) is 7.07. The molecule has 0 unspecified atom stereocenters. The number of rotatable bonds is 4. The molecule has 124 valence electrons. The molecule has 0 saturated carbocycles. The van der Waals surface area contributed by atoms with Crippen molar-refractivity contribution in [2.24, 2.45) is 11.7 Å². The molecule has 1 fully saturated rings. The fourth-order valence-corrected chi connectivity index (χ4v) is 4.23. The molecule has 1 saturated heterocycles. The van der Waals surface area contributed by atoms with Gasteiger partial charge < -0.3 is 5.73 Å². The van der Waals surface area contributed by atoms with Gasteiger partial charge in [0.2, 0.25) is 10.0 Å². The van der Waals surface area contributed by atoms with E-state index in [1.54, 1.807) is 0 Å². The molecule has 22 heavy (non-hydrogen) atoms. The Morgan fingerprint density at radius 3 is 2.32 bits per heavy atom. The molecule has 0 amide bonds. The van der Waals surface area contributed by atoms with Gasteiger partial charge >= 0.3 is 6.18 Å². The van der Waals surface area contributed by atoms with Crippen molar-refractivity contribution in [3.05, 3.63) is 35.4 Å². The Morgan fingerprint density at radius 1 is 1.18 bits per heavy atom. The Balaban J connectivity index is 2.17. The second-order valence-electron chi connectivity index (χ2n) is 5.49. The van der Waals surface area contributed by atoms with Crippen LogP contribution in [-0.2, 0) is 22.0 Å². The van der Waals surface area contributed by atoms with E-state index in [9.17, 15) is 21.6 Å². The van der Waals surface area contributed by atoms with Crippen molar-refractivity contribution < 1.29 is 21.6 Å². The Labute approximate surface area is 128 Å². The average molecular weight is 336 g/mol. The molecule has 0 aliphatic carbocycles. The summed E-state index contributed by atoms with van der Waals surface area (Å²) in [5.74, 6) is -0.343. The molecule has 1 heterocycles. The first-order valence-corrected chi connectivity index (χ1v) is 8.68. The van der Waals surface area contributed by atoms with E-state index in [4.69, 9.17) is 5.73 Å². The second kappa shape index (κ2) is 6.55. The summed E-state index contributed by atoms with van der Waals surface area (Å²) in [5, 5.41) is 0. The zero-order chi connectivity index (χ0) is 16.4. The van der Waals surface area contributed by atoms with Crippen LogP contribution in [0.2, 0.25) is 0 Å². The fraction of sp³-hybridized carbons (Fsp3) is 0.571. The van der Waals surface area contributed by atoms with Crippen molar-refractivity contribution in [2.75, 3.05) is 19.6 Å². The third-order valence-corrected chi connectivity index (χ3v) is 5.79. The number of piperidine rings is 1. The van der Waals surface area contributed by atoms with Crippen molar-refractivity contribution in [3.8, 4) is 0 Å². The molecular weight excluding hydrogens is 317 g/mol. The lowest BCUT2D eigenvalue weighted by molar-refractivity contribution is -0.138. The minimum absolute atomic E-state index is 0.212. The highest BCUT2D eigenvalue weighted by atomic mass is 32.2. The average Bonchev–Trinajstić information content (AvgIpc) is 2.46. The number of hydrogen-bond acceptors (Lipinski definition) is 3. The molecule has 1 aliphatic rings. The van der Waals surface area contributed by atoms with Gasteiger partial charge in [0.15, 0.2) is 0 Å². The van der Waals surface area contributed by atoms with Crippen LogP contribution in [0.3, 0.4) is 0 Å². The van der Waals surface area contributed by atoms with Crippen LogP contribution in [0.4, 0.5) is 13.2 Å². The molecule has 0 atom stereocenters. The van der Waals surface area contributed by atoms with E-state index in [0.717, 1.165) is 6.07 Å². The van der Waals surface area contributed by atoms with Crippen LogP contribution in [-0.4, -0.2) is 32.4 Å². The lowest BCUT2D eigenvalue weighted by atomic mass is 9.99. The topological polar surface area (TPSA) is 63.4 Å². The molecule has 0 radical (unpaired) electrons. The molecule has 0 bridgehead atoms. The van der Waals surface area contributed by atoms with Gasteiger partial charge in [-0.3, -0.25) is 0 Å². The Kier molecular flexibility index (Phi) is 5.14. The van der Waals surface area contributed by atoms with Crippen molar-refractivity contribution in [2.45, 2.75) is 24.8 Å². The molecule has 1 aromatic carbocycles. The van der Waals surface area contributed by atoms with Crippen LogP contribution >= 0.6 is 0 Å². The highest BCUT2D eigenvalue weighted by molar-refractivity contribution is 7.88. The fourth-order valence-electron chi connectivity index (χ4n) is 2.63. The molecular formula is C14H19F3N2O2S. The van der Waals surface area contributed by atoms with Gasteiger partial charge in [0.05, 0.1) is 11.3 Å². The number of sulfonamides is 1.